The number of piperidine rings is 1. The number of benzene rings is 1. The second-order valence-corrected chi connectivity index (χ2v) is 6.40. The van der Waals surface area contributed by atoms with Crippen molar-refractivity contribution in [1.82, 2.24) is 10.2 Å². The number of likely N-dealkylation sites (tertiary alicyclic amines) is 1. The Balaban J connectivity index is 1.72. The average molecular weight is 320 g/mol. The van der Waals surface area contributed by atoms with Gasteiger partial charge in [-0.25, -0.2) is 0 Å². The van der Waals surface area contributed by atoms with Gasteiger partial charge < -0.3 is 20.1 Å². The highest BCUT2D eigenvalue weighted by Gasteiger charge is 2.17. The maximum Gasteiger partial charge on any atom is 0.260 e. The first kappa shape index (κ1) is 17.8. The molecule has 1 amide bonds. The van der Waals surface area contributed by atoms with E-state index in [1.165, 1.54) is 12.8 Å². The molecule has 1 heterocycles. The molecular formula is C18H28N2O3. The van der Waals surface area contributed by atoms with E-state index in [1.54, 1.807) is 19.1 Å². The van der Waals surface area contributed by atoms with Crippen LogP contribution in [-0.2, 0) is 11.4 Å². The molecule has 128 valence electrons. The van der Waals surface area contributed by atoms with E-state index < -0.39 is 6.10 Å². The Morgan fingerprint density at radius 1 is 1.52 bits per heavy atom. The summed E-state index contributed by atoms with van der Waals surface area (Å²) < 4.78 is 5.64. The van der Waals surface area contributed by atoms with Gasteiger partial charge >= 0.3 is 0 Å². The summed E-state index contributed by atoms with van der Waals surface area (Å²) in [6, 6.07) is 7.16. The number of nitrogens with one attached hydrogen (secondary N) is 1. The molecule has 0 spiro atoms. The molecule has 0 bridgehead atoms. The zero-order chi connectivity index (χ0) is 16.7. The number of aliphatic hydroxyl groups is 1. The Morgan fingerprint density at radius 2 is 2.35 bits per heavy atom. The maximum absolute atomic E-state index is 12.1. The van der Waals surface area contributed by atoms with E-state index in [4.69, 9.17) is 9.84 Å². The predicted molar refractivity (Wildman–Crippen MR) is 90.3 cm³/mol. The van der Waals surface area contributed by atoms with E-state index >= 15 is 0 Å². The average Bonchev–Trinajstić information content (AvgIpc) is 2.55. The van der Waals surface area contributed by atoms with Gasteiger partial charge in [-0.15, -0.1) is 0 Å². The summed E-state index contributed by atoms with van der Waals surface area (Å²) in [7, 11) is 0. The minimum atomic E-state index is -0.552. The van der Waals surface area contributed by atoms with E-state index in [1.807, 2.05) is 12.1 Å². The van der Waals surface area contributed by atoms with Crippen LogP contribution in [0.2, 0.25) is 0 Å². The summed E-state index contributed by atoms with van der Waals surface area (Å²) in [4.78, 5) is 14.5. The lowest BCUT2D eigenvalue weighted by molar-refractivity contribution is -0.127. The summed E-state index contributed by atoms with van der Waals surface area (Å²) in [6.07, 6.45) is 2.00. The number of carbonyl (C=O) groups excluding carboxylic acids is 1. The molecule has 5 heteroatoms. The van der Waals surface area contributed by atoms with Gasteiger partial charge in [-0.1, -0.05) is 19.1 Å². The van der Waals surface area contributed by atoms with Gasteiger partial charge in [0.05, 0.1) is 6.61 Å². The van der Waals surface area contributed by atoms with Crippen LogP contribution in [0.15, 0.2) is 24.3 Å². The lowest BCUT2D eigenvalue weighted by Gasteiger charge is -2.30. The number of ether oxygens (including phenoxy) is 1. The second-order valence-electron chi connectivity index (χ2n) is 6.40. The van der Waals surface area contributed by atoms with Crippen LogP contribution in [0.25, 0.3) is 0 Å². The number of aliphatic hydroxyl groups excluding tert-OH is 1. The fraction of sp³-hybridized carbons (Fsp3) is 0.611. The second kappa shape index (κ2) is 8.89. The van der Waals surface area contributed by atoms with Crippen LogP contribution in [-0.4, -0.2) is 48.2 Å². The Hall–Kier alpha value is -1.59. The van der Waals surface area contributed by atoms with Gasteiger partial charge in [-0.2, -0.15) is 0 Å². The zero-order valence-corrected chi connectivity index (χ0v) is 14.1. The van der Waals surface area contributed by atoms with Crippen LogP contribution >= 0.6 is 0 Å². The Morgan fingerprint density at radius 3 is 3.09 bits per heavy atom. The molecule has 23 heavy (non-hydrogen) atoms. The Bertz CT molecular complexity index is 507. The van der Waals surface area contributed by atoms with Gasteiger partial charge in [-0.05, 0) is 49.9 Å². The van der Waals surface area contributed by atoms with Crippen molar-refractivity contribution < 1.29 is 14.6 Å². The fourth-order valence-corrected chi connectivity index (χ4v) is 2.95. The molecule has 2 rings (SSSR count). The lowest BCUT2D eigenvalue weighted by atomic mass is 10.0. The molecule has 2 N–H and O–H groups in total. The largest absolute Gasteiger partial charge is 0.481 e. The predicted octanol–water partition coefficient (Wildman–Crippen LogP) is 1.79. The fourth-order valence-electron chi connectivity index (χ4n) is 2.95. The van der Waals surface area contributed by atoms with Crippen molar-refractivity contribution in [2.24, 2.45) is 5.92 Å². The maximum atomic E-state index is 12.1. The monoisotopic (exact) mass is 320 g/mol. The summed E-state index contributed by atoms with van der Waals surface area (Å²) in [5.41, 5.74) is 0.773. The molecule has 0 aliphatic carbocycles. The van der Waals surface area contributed by atoms with Crippen LogP contribution in [0, 0.1) is 5.92 Å². The van der Waals surface area contributed by atoms with Crippen molar-refractivity contribution >= 4 is 5.91 Å². The van der Waals surface area contributed by atoms with E-state index in [-0.39, 0.29) is 12.5 Å². The molecule has 0 saturated carbocycles. The molecule has 1 aromatic carbocycles. The topological polar surface area (TPSA) is 61.8 Å². The number of hydrogen-bond acceptors (Lipinski definition) is 4. The third-order valence-electron chi connectivity index (χ3n) is 4.23. The summed E-state index contributed by atoms with van der Waals surface area (Å²) in [5.74, 6) is 1.24. The molecule has 0 radical (unpaired) electrons. The highest BCUT2D eigenvalue weighted by Crippen LogP contribution is 2.16. The smallest absolute Gasteiger partial charge is 0.260 e. The molecule has 2 atom stereocenters. The quantitative estimate of drug-likeness (QED) is 0.804. The van der Waals surface area contributed by atoms with E-state index in [9.17, 15) is 4.79 Å². The molecule has 2 unspecified atom stereocenters. The third kappa shape index (κ3) is 5.84. The first-order valence-corrected chi connectivity index (χ1v) is 8.45. The minimum Gasteiger partial charge on any atom is -0.481 e. The number of nitrogens with zero attached hydrogens (tertiary/aromatic N) is 1. The molecule has 5 nitrogen and oxygen atoms in total. The highest BCUT2D eigenvalue weighted by atomic mass is 16.5. The molecule has 1 fully saturated rings. The number of carbonyl (C=O) groups is 1. The summed E-state index contributed by atoms with van der Waals surface area (Å²) in [5, 5.41) is 12.1. The summed E-state index contributed by atoms with van der Waals surface area (Å²) >= 11 is 0. The first-order valence-electron chi connectivity index (χ1n) is 8.45. The van der Waals surface area contributed by atoms with E-state index in [0.717, 1.165) is 31.1 Å². The van der Waals surface area contributed by atoms with Crippen LogP contribution in [0.1, 0.15) is 32.3 Å². The normalized spacial score (nSPS) is 20.0. The first-order chi connectivity index (χ1) is 11.1. The molecule has 1 aromatic rings. The van der Waals surface area contributed by atoms with Crippen LogP contribution in [0.5, 0.6) is 5.75 Å². The van der Waals surface area contributed by atoms with Crippen molar-refractivity contribution in [1.29, 1.82) is 0 Å². The molecule has 0 aromatic heterocycles. The zero-order valence-electron chi connectivity index (χ0n) is 14.1. The van der Waals surface area contributed by atoms with Gasteiger partial charge in [0.1, 0.15) is 5.75 Å². The number of hydrogen-bond donors (Lipinski definition) is 2. The molecule has 1 saturated heterocycles. The van der Waals surface area contributed by atoms with Crippen LogP contribution in [0.4, 0.5) is 0 Å². The molecule has 1 aliphatic rings. The number of amides is 1. The number of rotatable bonds is 7. The van der Waals surface area contributed by atoms with Crippen LogP contribution in [0.3, 0.4) is 0 Å². The third-order valence-corrected chi connectivity index (χ3v) is 4.23. The van der Waals surface area contributed by atoms with Crippen molar-refractivity contribution in [3.8, 4) is 5.75 Å². The van der Waals surface area contributed by atoms with Gasteiger partial charge in [0.15, 0.2) is 6.10 Å². The highest BCUT2D eigenvalue weighted by molar-refractivity contribution is 5.80. The Labute approximate surface area is 138 Å². The standard InChI is InChI=1S/C18H28N2O3/c1-14-5-4-9-20(12-14)10-8-19-18(22)15(2)23-17-7-3-6-16(11-17)13-21/h3,6-7,11,14-15,21H,4-5,8-10,12-13H2,1-2H3,(H,19,22). The summed E-state index contributed by atoms with van der Waals surface area (Å²) in [6.45, 7) is 7.77. The SMILES string of the molecule is CC1CCCN(CCNC(=O)C(C)Oc2cccc(CO)c2)C1. The minimum absolute atomic E-state index is 0.0357. The molecular weight excluding hydrogens is 292 g/mol. The van der Waals surface area contributed by atoms with Gasteiger partial charge in [0, 0.05) is 19.6 Å². The van der Waals surface area contributed by atoms with Crippen molar-refractivity contribution in [2.75, 3.05) is 26.2 Å². The van der Waals surface area contributed by atoms with E-state index in [2.05, 4.69) is 17.1 Å². The van der Waals surface area contributed by atoms with Crippen LogP contribution < -0.4 is 10.1 Å². The van der Waals surface area contributed by atoms with Gasteiger partial charge in [0.2, 0.25) is 0 Å². The van der Waals surface area contributed by atoms with Gasteiger partial charge in [-0.3, -0.25) is 4.79 Å². The lowest BCUT2D eigenvalue weighted by Crippen LogP contribution is -2.43. The molecule has 1 aliphatic heterocycles. The van der Waals surface area contributed by atoms with Crippen molar-refractivity contribution in [2.45, 2.75) is 39.4 Å². The van der Waals surface area contributed by atoms with Crippen molar-refractivity contribution in [3.63, 3.8) is 0 Å². The van der Waals surface area contributed by atoms with Crippen molar-refractivity contribution in [3.05, 3.63) is 29.8 Å². The van der Waals surface area contributed by atoms with Gasteiger partial charge in [0.25, 0.3) is 5.91 Å². The Kier molecular flexibility index (Phi) is 6.86. The van der Waals surface area contributed by atoms with E-state index in [0.29, 0.717) is 12.3 Å².